The Hall–Kier alpha value is -2.22. The van der Waals surface area contributed by atoms with Gasteiger partial charge in [-0.25, -0.2) is 0 Å². The van der Waals surface area contributed by atoms with E-state index in [1.54, 1.807) is 25.3 Å². The van der Waals surface area contributed by atoms with Crippen molar-refractivity contribution in [3.63, 3.8) is 0 Å². The van der Waals surface area contributed by atoms with Gasteiger partial charge in [-0.1, -0.05) is 0 Å². The Labute approximate surface area is 111 Å². The Morgan fingerprint density at radius 3 is 2.89 bits per heavy atom. The first-order valence-electron chi connectivity index (χ1n) is 6.21. The lowest BCUT2D eigenvalue weighted by molar-refractivity contribution is -0.141. The number of carboxylic acid groups (broad SMARTS) is 1. The summed E-state index contributed by atoms with van der Waals surface area (Å²) in [5, 5.41) is 21.3. The molecular weight excluding hydrogens is 244 g/mol. The van der Waals surface area contributed by atoms with Crippen LogP contribution in [-0.2, 0) is 4.79 Å². The van der Waals surface area contributed by atoms with E-state index in [4.69, 9.17) is 15.1 Å². The van der Waals surface area contributed by atoms with Gasteiger partial charge in [0.25, 0.3) is 0 Å². The number of aliphatic carboxylic acids is 1. The van der Waals surface area contributed by atoms with Crippen molar-refractivity contribution in [3.8, 4) is 11.8 Å². The molecule has 5 nitrogen and oxygen atoms in total. The van der Waals surface area contributed by atoms with E-state index >= 15 is 0 Å². The van der Waals surface area contributed by atoms with E-state index in [-0.39, 0.29) is 12.0 Å². The highest BCUT2D eigenvalue weighted by molar-refractivity contribution is 5.70. The number of hydrogen-bond donors (Lipinski definition) is 2. The average molecular weight is 260 g/mol. The first-order chi connectivity index (χ1) is 9.13. The predicted molar refractivity (Wildman–Crippen MR) is 70.1 cm³/mol. The molecule has 19 heavy (non-hydrogen) atoms. The molecule has 1 aromatic rings. The number of rotatable bonds is 4. The molecule has 1 saturated carbocycles. The highest BCUT2D eigenvalue weighted by Crippen LogP contribution is 2.30. The number of hydrogen-bond acceptors (Lipinski definition) is 4. The fraction of sp³-hybridized carbons (Fsp3) is 0.429. The van der Waals surface area contributed by atoms with Crippen molar-refractivity contribution in [1.82, 2.24) is 0 Å². The van der Waals surface area contributed by atoms with Crippen LogP contribution in [0.4, 0.5) is 5.69 Å². The summed E-state index contributed by atoms with van der Waals surface area (Å²) in [6.45, 7) is 0. The molecule has 1 aliphatic rings. The van der Waals surface area contributed by atoms with Crippen LogP contribution in [0.25, 0.3) is 0 Å². The maximum absolute atomic E-state index is 10.9. The molecule has 0 aliphatic heterocycles. The molecule has 0 aromatic heterocycles. The molecule has 1 fully saturated rings. The minimum Gasteiger partial charge on any atom is -0.497 e. The van der Waals surface area contributed by atoms with Crippen LogP contribution in [0.1, 0.15) is 24.8 Å². The van der Waals surface area contributed by atoms with E-state index in [1.165, 1.54) is 0 Å². The Kier molecular flexibility index (Phi) is 3.91. The number of methoxy groups -OCH3 is 1. The van der Waals surface area contributed by atoms with Gasteiger partial charge in [0.1, 0.15) is 11.8 Å². The summed E-state index contributed by atoms with van der Waals surface area (Å²) in [5.74, 6) is -0.349. The van der Waals surface area contributed by atoms with Crippen LogP contribution in [0, 0.1) is 17.2 Å². The van der Waals surface area contributed by atoms with Gasteiger partial charge in [0.2, 0.25) is 0 Å². The van der Waals surface area contributed by atoms with Gasteiger partial charge in [-0.15, -0.1) is 0 Å². The number of anilines is 1. The Bertz CT molecular complexity index is 522. The van der Waals surface area contributed by atoms with Crippen LogP contribution in [-0.4, -0.2) is 24.2 Å². The molecular formula is C14H16N2O3. The van der Waals surface area contributed by atoms with Gasteiger partial charge in [0, 0.05) is 12.1 Å². The molecule has 0 spiro atoms. The number of nitrogens with one attached hydrogen (secondary N) is 1. The number of carbonyl (C=O) groups is 1. The highest BCUT2D eigenvalue weighted by Gasteiger charge is 2.29. The van der Waals surface area contributed by atoms with Crippen molar-refractivity contribution in [2.24, 2.45) is 5.92 Å². The second-order valence-electron chi connectivity index (χ2n) is 4.71. The first kappa shape index (κ1) is 13.2. The number of nitriles is 1. The van der Waals surface area contributed by atoms with E-state index in [0.717, 1.165) is 6.42 Å². The van der Waals surface area contributed by atoms with E-state index in [2.05, 4.69) is 11.4 Å². The molecule has 2 rings (SSSR count). The lowest BCUT2D eigenvalue weighted by Gasteiger charge is -2.16. The van der Waals surface area contributed by atoms with Gasteiger partial charge in [-0.05, 0) is 31.4 Å². The molecule has 2 atom stereocenters. The van der Waals surface area contributed by atoms with Crippen LogP contribution in [0.3, 0.4) is 0 Å². The van der Waals surface area contributed by atoms with Crippen molar-refractivity contribution < 1.29 is 14.6 Å². The molecule has 2 N–H and O–H groups in total. The van der Waals surface area contributed by atoms with E-state index < -0.39 is 5.97 Å². The van der Waals surface area contributed by atoms with Gasteiger partial charge >= 0.3 is 5.97 Å². The molecule has 0 radical (unpaired) electrons. The summed E-state index contributed by atoms with van der Waals surface area (Å²) in [5.41, 5.74) is 1.25. The summed E-state index contributed by atoms with van der Waals surface area (Å²) in [6, 6.07) is 7.42. The number of nitrogens with zero attached hydrogens (tertiary/aromatic N) is 1. The molecule has 1 aromatic carbocycles. The van der Waals surface area contributed by atoms with E-state index in [9.17, 15) is 4.79 Å². The Balaban J connectivity index is 2.11. The van der Waals surface area contributed by atoms with Crippen LogP contribution < -0.4 is 10.1 Å². The fourth-order valence-electron chi connectivity index (χ4n) is 2.42. The predicted octanol–water partition coefficient (Wildman–Crippen LogP) is 2.23. The van der Waals surface area contributed by atoms with E-state index in [0.29, 0.717) is 29.8 Å². The topological polar surface area (TPSA) is 82.3 Å². The fourth-order valence-corrected chi connectivity index (χ4v) is 2.42. The Morgan fingerprint density at radius 1 is 1.53 bits per heavy atom. The molecule has 0 amide bonds. The molecule has 0 heterocycles. The Morgan fingerprint density at radius 2 is 2.32 bits per heavy atom. The van der Waals surface area contributed by atoms with Crippen LogP contribution in [0.15, 0.2) is 18.2 Å². The zero-order chi connectivity index (χ0) is 13.8. The first-order valence-corrected chi connectivity index (χ1v) is 6.21. The minimum absolute atomic E-state index is 0.0975. The molecule has 0 bridgehead atoms. The van der Waals surface area contributed by atoms with Crippen molar-refractivity contribution >= 4 is 11.7 Å². The second-order valence-corrected chi connectivity index (χ2v) is 4.71. The smallest absolute Gasteiger partial charge is 0.306 e. The van der Waals surface area contributed by atoms with Crippen LogP contribution in [0.2, 0.25) is 0 Å². The SMILES string of the molecule is COc1ccc(C#N)c(NC2CCC(C(=O)O)C2)c1. The summed E-state index contributed by atoms with van der Waals surface area (Å²) >= 11 is 0. The molecule has 0 saturated heterocycles. The van der Waals surface area contributed by atoms with Gasteiger partial charge < -0.3 is 15.2 Å². The third-order valence-electron chi connectivity index (χ3n) is 3.49. The monoisotopic (exact) mass is 260 g/mol. The molecule has 2 unspecified atom stereocenters. The van der Waals surface area contributed by atoms with Gasteiger partial charge in [0.05, 0.1) is 24.3 Å². The van der Waals surface area contributed by atoms with Gasteiger partial charge in [-0.3, -0.25) is 4.79 Å². The number of benzene rings is 1. The normalized spacial score (nSPS) is 21.7. The van der Waals surface area contributed by atoms with Crippen LogP contribution in [0.5, 0.6) is 5.75 Å². The van der Waals surface area contributed by atoms with Crippen molar-refractivity contribution in [2.45, 2.75) is 25.3 Å². The summed E-state index contributed by atoms with van der Waals surface area (Å²) in [6.07, 6.45) is 2.08. The minimum atomic E-state index is -0.740. The van der Waals surface area contributed by atoms with Gasteiger partial charge in [-0.2, -0.15) is 5.26 Å². The summed E-state index contributed by atoms with van der Waals surface area (Å²) in [7, 11) is 1.57. The third kappa shape index (κ3) is 2.97. The molecule has 5 heteroatoms. The quantitative estimate of drug-likeness (QED) is 0.867. The largest absolute Gasteiger partial charge is 0.497 e. The maximum Gasteiger partial charge on any atom is 0.306 e. The van der Waals surface area contributed by atoms with E-state index in [1.807, 2.05) is 0 Å². The standard InChI is InChI=1S/C14H16N2O3/c1-19-12-5-3-10(8-15)13(7-12)16-11-4-2-9(6-11)14(17)18/h3,5,7,9,11,16H,2,4,6H2,1H3,(H,17,18). The summed E-state index contributed by atoms with van der Waals surface area (Å²) in [4.78, 5) is 10.9. The lowest BCUT2D eigenvalue weighted by Crippen LogP contribution is -2.18. The van der Waals surface area contributed by atoms with Gasteiger partial charge in [0.15, 0.2) is 0 Å². The third-order valence-corrected chi connectivity index (χ3v) is 3.49. The van der Waals surface area contributed by atoms with Crippen molar-refractivity contribution in [1.29, 1.82) is 5.26 Å². The summed E-state index contributed by atoms with van der Waals surface area (Å²) < 4.78 is 5.13. The average Bonchev–Trinajstić information content (AvgIpc) is 2.87. The second kappa shape index (κ2) is 5.61. The van der Waals surface area contributed by atoms with Crippen LogP contribution >= 0.6 is 0 Å². The molecule has 100 valence electrons. The lowest BCUT2D eigenvalue weighted by atomic mass is 10.1. The van der Waals surface area contributed by atoms with Crippen molar-refractivity contribution in [2.75, 3.05) is 12.4 Å². The highest BCUT2D eigenvalue weighted by atomic mass is 16.5. The van der Waals surface area contributed by atoms with Crippen molar-refractivity contribution in [3.05, 3.63) is 23.8 Å². The zero-order valence-electron chi connectivity index (χ0n) is 10.7. The number of ether oxygens (including phenoxy) is 1. The zero-order valence-corrected chi connectivity index (χ0v) is 10.7. The maximum atomic E-state index is 10.9. The number of carboxylic acids is 1. The molecule has 1 aliphatic carbocycles.